The van der Waals surface area contributed by atoms with Gasteiger partial charge >= 0.3 is 12.1 Å². The van der Waals surface area contributed by atoms with Crippen molar-refractivity contribution in [2.45, 2.75) is 51.8 Å². The maximum absolute atomic E-state index is 12.6. The fourth-order valence-electron chi connectivity index (χ4n) is 2.22. The van der Waals surface area contributed by atoms with Crippen molar-refractivity contribution in [2.24, 2.45) is 0 Å². The Morgan fingerprint density at radius 2 is 1.62 bits per heavy atom. The molecule has 5 N–H and O–H groups in total. The van der Waals surface area contributed by atoms with Crippen LogP contribution in [0, 0.1) is 0 Å². The molecule has 29 heavy (non-hydrogen) atoms. The van der Waals surface area contributed by atoms with Crippen molar-refractivity contribution in [3.63, 3.8) is 0 Å². The van der Waals surface area contributed by atoms with E-state index in [-0.39, 0.29) is 12.2 Å². The molecule has 0 aliphatic rings. The van der Waals surface area contributed by atoms with Crippen molar-refractivity contribution < 1.29 is 34.1 Å². The molecule has 2 unspecified atom stereocenters. The first-order valence-corrected chi connectivity index (χ1v) is 8.94. The van der Waals surface area contributed by atoms with Crippen LogP contribution in [-0.2, 0) is 25.5 Å². The molecule has 1 aromatic carbocycles. The zero-order valence-electron chi connectivity index (χ0n) is 16.8. The van der Waals surface area contributed by atoms with Crippen molar-refractivity contribution in [1.82, 2.24) is 16.0 Å². The highest BCUT2D eigenvalue weighted by Crippen LogP contribution is 2.12. The first kappa shape index (κ1) is 23.7. The number of carboxylic acids is 1. The average molecular weight is 409 g/mol. The number of phenolic OH excluding ortho intramolecular Hbond substituents is 1. The van der Waals surface area contributed by atoms with E-state index in [1.165, 1.54) is 19.1 Å². The smallest absolute Gasteiger partial charge is 0.408 e. The van der Waals surface area contributed by atoms with E-state index in [0.29, 0.717) is 5.56 Å². The van der Waals surface area contributed by atoms with Gasteiger partial charge < -0.3 is 30.9 Å². The van der Waals surface area contributed by atoms with E-state index in [1.807, 2.05) is 0 Å². The summed E-state index contributed by atoms with van der Waals surface area (Å²) in [7, 11) is 0. The van der Waals surface area contributed by atoms with Crippen LogP contribution in [0.5, 0.6) is 5.75 Å². The summed E-state index contributed by atoms with van der Waals surface area (Å²) in [5, 5.41) is 25.1. The number of carbonyl (C=O) groups excluding carboxylic acids is 3. The molecule has 0 aliphatic heterocycles. The molecule has 0 saturated carbocycles. The monoisotopic (exact) mass is 409 g/mol. The van der Waals surface area contributed by atoms with Gasteiger partial charge in [0.15, 0.2) is 0 Å². The third-order valence-corrected chi connectivity index (χ3v) is 3.55. The number of alkyl carbamates (subject to hydrolysis) is 1. The van der Waals surface area contributed by atoms with Crippen LogP contribution in [0.4, 0.5) is 4.79 Å². The van der Waals surface area contributed by atoms with Crippen molar-refractivity contribution >= 4 is 23.9 Å². The van der Waals surface area contributed by atoms with Gasteiger partial charge in [-0.05, 0) is 45.4 Å². The third-order valence-electron chi connectivity index (χ3n) is 3.55. The molecule has 1 rings (SSSR count). The Bertz CT molecular complexity index is 741. The van der Waals surface area contributed by atoms with Gasteiger partial charge in [-0.2, -0.15) is 0 Å². The molecule has 1 aromatic rings. The molecule has 2 atom stereocenters. The largest absolute Gasteiger partial charge is 0.508 e. The summed E-state index contributed by atoms with van der Waals surface area (Å²) >= 11 is 0. The molecule has 3 amide bonds. The predicted octanol–water partition coefficient (Wildman–Crippen LogP) is 0.534. The van der Waals surface area contributed by atoms with Crippen LogP contribution in [0.3, 0.4) is 0 Å². The van der Waals surface area contributed by atoms with Crippen LogP contribution in [-0.4, -0.2) is 58.3 Å². The topological polar surface area (TPSA) is 154 Å². The second kappa shape index (κ2) is 10.3. The molecule has 160 valence electrons. The summed E-state index contributed by atoms with van der Waals surface area (Å²) < 4.78 is 5.18. The highest BCUT2D eigenvalue weighted by molar-refractivity contribution is 5.92. The van der Waals surface area contributed by atoms with Gasteiger partial charge in [0.25, 0.3) is 0 Å². The number of aliphatic carboxylic acids is 1. The lowest BCUT2D eigenvalue weighted by molar-refractivity contribution is -0.138. The number of rotatable bonds is 8. The molecule has 10 heteroatoms. The Morgan fingerprint density at radius 3 is 2.14 bits per heavy atom. The summed E-state index contributed by atoms with van der Waals surface area (Å²) in [6, 6.07) is 3.98. The van der Waals surface area contributed by atoms with Crippen molar-refractivity contribution in [3.8, 4) is 5.75 Å². The number of aromatic hydroxyl groups is 1. The minimum atomic E-state index is -1.21. The first-order chi connectivity index (χ1) is 13.4. The molecule has 0 radical (unpaired) electrons. The van der Waals surface area contributed by atoms with Crippen LogP contribution in [0.25, 0.3) is 0 Å². The van der Waals surface area contributed by atoms with E-state index in [0.717, 1.165) is 0 Å². The number of carbonyl (C=O) groups is 4. The maximum atomic E-state index is 12.6. The molecule has 10 nitrogen and oxygen atoms in total. The van der Waals surface area contributed by atoms with Crippen molar-refractivity contribution in [3.05, 3.63) is 29.8 Å². The van der Waals surface area contributed by atoms with Crippen LogP contribution in [0.1, 0.15) is 33.3 Å². The van der Waals surface area contributed by atoms with Gasteiger partial charge in [-0.3, -0.25) is 14.4 Å². The summed E-state index contributed by atoms with van der Waals surface area (Å²) in [6.45, 7) is 5.84. The summed E-state index contributed by atoms with van der Waals surface area (Å²) in [5.41, 5.74) is -0.116. The molecule has 0 aromatic heterocycles. The van der Waals surface area contributed by atoms with Gasteiger partial charge in [-0.25, -0.2) is 4.79 Å². The minimum absolute atomic E-state index is 0.0542. The van der Waals surface area contributed by atoms with Crippen molar-refractivity contribution in [2.75, 3.05) is 6.54 Å². The van der Waals surface area contributed by atoms with Gasteiger partial charge in [0.2, 0.25) is 11.8 Å². The average Bonchev–Trinajstić information content (AvgIpc) is 2.59. The number of nitrogens with one attached hydrogen (secondary N) is 3. The molecular weight excluding hydrogens is 382 g/mol. The first-order valence-electron chi connectivity index (χ1n) is 8.94. The van der Waals surface area contributed by atoms with Gasteiger partial charge in [-0.15, -0.1) is 0 Å². The quantitative estimate of drug-likeness (QED) is 0.420. The number of carboxylic acid groups (broad SMARTS) is 1. The third kappa shape index (κ3) is 9.45. The lowest BCUT2D eigenvalue weighted by Crippen LogP contribution is -2.54. The van der Waals surface area contributed by atoms with E-state index in [1.54, 1.807) is 32.9 Å². The lowest BCUT2D eigenvalue weighted by atomic mass is 10.0. The molecular formula is C19H27N3O7. The standard InChI is InChI=1S/C19H27N3O7/c1-11(16(26)20-10-15(24)25)21-17(27)14(22-18(28)29-19(2,3)4)9-12-5-7-13(23)8-6-12/h5-8,11,14,23H,9-10H2,1-4H3,(H,20,26)(H,21,27)(H,22,28)(H,24,25). The number of amides is 3. The fraction of sp³-hybridized carbons (Fsp3) is 0.474. The molecule has 0 spiro atoms. The highest BCUT2D eigenvalue weighted by atomic mass is 16.6. The lowest BCUT2D eigenvalue weighted by Gasteiger charge is -2.24. The second-order valence-electron chi connectivity index (χ2n) is 7.41. The van der Waals surface area contributed by atoms with Crippen LogP contribution in [0.15, 0.2) is 24.3 Å². The van der Waals surface area contributed by atoms with Crippen LogP contribution in [0.2, 0.25) is 0 Å². The summed E-state index contributed by atoms with van der Waals surface area (Å²) in [5.74, 6) is -2.49. The number of phenols is 1. The maximum Gasteiger partial charge on any atom is 0.408 e. The van der Waals surface area contributed by atoms with Gasteiger partial charge in [0.05, 0.1) is 0 Å². The van der Waals surface area contributed by atoms with Gasteiger partial charge in [-0.1, -0.05) is 12.1 Å². The van der Waals surface area contributed by atoms with Crippen molar-refractivity contribution in [1.29, 1.82) is 0 Å². The highest BCUT2D eigenvalue weighted by Gasteiger charge is 2.27. The van der Waals surface area contributed by atoms with Gasteiger partial charge in [0.1, 0.15) is 30.0 Å². The second-order valence-corrected chi connectivity index (χ2v) is 7.41. The Hall–Kier alpha value is -3.30. The summed E-state index contributed by atoms with van der Waals surface area (Å²) in [6.07, 6.45) is -0.728. The zero-order valence-corrected chi connectivity index (χ0v) is 16.8. The molecule has 0 fully saturated rings. The molecule has 0 heterocycles. The Balaban J connectivity index is 2.86. The SMILES string of the molecule is CC(NC(=O)C(Cc1ccc(O)cc1)NC(=O)OC(C)(C)C)C(=O)NCC(=O)O. The van der Waals surface area contributed by atoms with E-state index >= 15 is 0 Å². The van der Waals surface area contributed by atoms with E-state index in [4.69, 9.17) is 9.84 Å². The van der Waals surface area contributed by atoms with Crippen LogP contribution < -0.4 is 16.0 Å². The zero-order chi connectivity index (χ0) is 22.2. The normalized spacial score (nSPS) is 13.0. The van der Waals surface area contributed by atoms with Crippen LogP contribution >= 0.6 is 0 Å². The molecule has 0 aliphatic carbocycles. The van der Waals surface area contributed by atoms with E-state index in [2.05, 4.69) is 16.0 Å². The summed E-state index contributed by atoms with van der Waals surface area (Å²) in [4.78, 5) is 47.2. The number of hydrogen-bond donors (Lipinski definition) is 5. The predicted molar refractivity (Wildman–Crippen MR) is 103 cm³/mol. The Morgan fingerprint density at radius 1 is 1.03 bits per heavy atom. The number of hydrogen-bond acceptors (Lipinski definition) is 6. The van der Waals surface area contributed by atoms with E-state index in [9.17, 15) is 24.3 Å². The fourth-order valence-corrected chi connectivity index (χ4v) is 2.22. The van der Waals surface area contributed by atoms with Gasteiger partial charge in [0, 0.05) is 6.42 Å². The molecule has 0 saturated heterocycles. The number of ether oxygens (including phenoxy) is 1. The number of benzene rings is 1. The minimum Gasteiger partial charge on any atom is -0.508 e. The Kier molecular flexibility index (Phi) is 8.43. The molecule has 0 bridgehead atoms. The van der Waals surface area contributed by atoms with E-state index < -0.39 is 48.1 Å². The Labute approximate surface area is 168 Å².